The number of aryl methyl sites for hydroxylation is 1. The zero-order valence-electron chi connectivity index (χ0n) is 16.0. The summed E-state index contributed by atoms with van der Waals surface area (Å²) in [7, 11) is -1.79. The quantitative estimate of drug-likeness (QED) is 0.832. The van der Waals surface area contributed by atoms with Crippen molar-refractivity contribution in [2.45, 2.75) is 30.2 Å². The minimum absolute atomic E-state index is 0.122. The summed E-state index contributed by atoms with van der Waals surface area (Å²) in [6.45, 7) is 2.37. The minimum atomic E-state index is -3.52. The van der Waals surface area contributed by atoms with Gasteiger partial charge in [0.15, 0.2) is 0 Å². The molecule has 1 amide bonds. The molecule has 0 aliphatic carbocycles. The van der Waals surface area contributed by atoms with Gasteiger partial charge in [-0.1, -0.05) is 18.2 Å². The lowest BCUT2D eigenvalue weighted by Crippen LogP contribution is -2.32. The maximum Gasteiger partial charge on any atom is 0.270 e. The van der Waals surface area contributed by atoms with Crippen LogP contribution in [0.1, 0.15) is 29.8 Å². The molecule has 4 rings (SSSR count). The number of likely N-dealkylation sites (tertiary alicyclic amines) is 1. The molecule has 3 heterocycles. The van der Waals surface area contributed by atoms with E-state index in [-0.39, 0.29) is 16.8 Å². The largest absolute Gasteiger partial charge is 0.380 e. The second-order valence-corrected chi connectivity index (χ2v) is 9.47. The number of anilines is 1. The summed E-state index contributed by atoms with van der Waals surface area (Å²) in [6, 6.07) is 11.7. The first-order valence-electron chi connectivity index (χ1n) is 9.72. The number of para-hydroxylation sites is 1. The summed E-state index contributed by atoms with van der Waals surface area (Å²) in [6.07, 6.45) is 4.20. The minimum Gasteiger partial charge on any atom is -0.380 e. The van der Waals surface area contributed by atoms with Crippen LogP contribution in [0.2, 0.25) is 0 Å². The topological polar surface area (TPSA) is 74.7 Å². The molecule has 2 aliphatic heterocycles. The molecule has 2 saturated heterocycles. The molecule has 1 atom stereocenters. The van der Waals surface area contributed by atoms with Crippen molar-refractivity contribution in [3.8, 4) is 0 Å². The molecule has 8 heteroatoms. The Kier molecular flexibility index (Phi) is 5.16. The Morgan fingerprint density at radius 2 is 1.82 bits per heavy atom. The molecular weight excluding hydrogens is 376 g/mol. The van der Waals surface area contributed by atoms with Gasteiger partial charge in [0.2, 0.25) is 10.0 Å². The van der Waals surface area contributed by atoms with Gasteiger partial charge in [0.05, 0.1) is 0 Å². The van der Waals surface area contributed by atoms with Crippen molar-refractivity contribution >= 4 is 21.6 Å². The van der Waals surface area contributed by atoms with Gasteiger partial charge >= 0.3 is 0 Å². The Hall–Kier alpha value is -2.32. The lowest BCUT2D eigenvalue weighted by atomic mass is 10.2. The van der Waals surface area contributed by atoms with E-state index in [0.717, 1.165) is 24.9 Å². The number of rotatable bonds is 5. The first-order chi connectivity index (χ1) is 13.4. The predicted molar refractivity (Wildman–Crippen MR) is 108 cm³/mol. The van der Waals surface area contributed by atoms with Crippen LogP contribution in [0, 0.1) is 0 Å². The summed E-state index contributed by atoms with van der Waals surface area (Å²) in [5.41, 5.74) is 1.46. The number of hydrogen-bond acceptors (Lipinski definition) is 4. The van der Waals surface area contributed by atoms with E-state index in [9.17, 15) is 13.2 Å². The van der Waals surface area contributed by atoms with Crippen molar-refractivity contribution < 1.29 is 13.2 Å². The van der Waals surface area contributed by atoms with Crippen LogP contribution >= 0.6 is 0 Å². The van der Waals surface area contributed by atoms with Gasteiger partial charge in [0, 0.05) is 51.2 Å². The number of benzene rings is 1. The fraction of sp³-hybridized carbons (Fsp3) is 0.450. The molecule has 1 aromatic carbocycles. The van der Waals surface area contributed by atoms with Crippen LogP contribution in [0.15, 0.2) is 47.5 Å². The van der Waals surface area contributed by atoms with E-state index < -0.39 is 10.0 Å². The number of carbonyl (C=O) groups is 1. The lowest BCUT2D eigenvalue weighted by Gasteiger charge is -2.18. The monoisotopic (exact) mass is 402 g/mol. The Bertz CT molecular complexity index is 949. The predicted octanol–water partition coefficient (Wildman–Crippen LogP) is 2.14. The van der Waals surface area contributed by atoms with Crippen LogP contribution in [-0.2, 0) is 17.1 Å². The van der Waals surface area contributed by atoms with Crippen LogP contribution in [0.3, 0.4) is 0 Å². The molecule has 1 N–H and O–H groups in total. The Labute approximate surface area is 166 Å². The third-order valence-corrected chi connectivity index (χ3v) is 7.39. The average molecular weight is 403 g/mol. The van der Waals surface area contributed by atoms with Gasteiger partial charge in [-0.3, -0.25) is 4.79 Å². The molecule has 0 saturated carbocycles. The maximum atomic E-state index is 13.0. The summed E-state index contributed by atoms with van der Waals surface area (Å²) in [5, 5.41) is 3.46. The van der Waals surface area contributed by atoms with E-state index in [2.05, 4.69) is 5.32 Å². The molecule has 0 bridgehead atoms. The molecule has 150 valence electrons. The summed E-state index contributed by atoms with van der Waals surface area (Å²) < 4.78 is 28.7. The van der Waals surface area contributed by atoms with Crippen LogP contribution < -0.4 is 5.32 Å². The first-order valence-corrected chi connectivity index (χ1v) is 11.2. The van der Waals surface area contributed by atoms with Crippen molar-refractivity contribution in [2.75, 3.05) is 31.5 Å². The lowest BCUT2D eigenvalue weighted by molar-refractivity contribution is 0.0782. The van der Waals surface area contributed by atoms with Crippen LogP contribution in [0.4, 0.5) is 5.69 Å². The van der Waals surface area contributed by atoms with E-state index in [1.165, 1.54) is 10.4 Å². The SMILES string of the molecule is Cn1cc(S(=O)(=O)N2CCCC2)cc1C(=O)N1CCC(Nc2ccccc2)C1. The normalized spacial score (nSPS) is 20.6. The van der Waals surface area contributed by atoms with Gasteiger partial charge < -0.3 is 14.8 Å². The number of amides is 1. The Morgan fingerprint density at radius 1 is 1.11 bits per heavy atom. The number of carbonyl (C=O) groups excluding carboxylic acids is 1. The third kappa shape index (κ3) is 3.66. The zero-order valence-corrected chi connectivity index (χ0v) is 16.9. The van der Waals surface area contributed by atoms with Gasteiger partial charge in [-0.15, -0.1) is 0 Å². The fourth-order valence-electron chi connectivity index (χ4n) is 3.96. The number of nitrogens with zero attached hydrogens (tertiary/aromatic N) is 3. The molecule has 0 radical (unpaired) electrons. The molecular formula is C20H26N4O3S. The van der Waals surface area contributed by atoms with E-state index >= 15 is 0 Å². The zero-order chi connectivity index (χ0) is 19.7. The highest BCUT2D eigenvalue weighted by molar-refractivity contribution is 7.89. The second kappa shape index (κ2) is 7.60. The van der Waals surface area contributed by atoms with Crippen molar-refractivity contribution in [1.29, 1.82) is 0 Å². The molecule has 2 fully saturated rings. The standard InChI is InChI=1S/C20H26N4O3S/c1-22-15-18(28(26,27)24-10-5-6-11-24)13-19(22)20(25)23-12-9-17(14-23)21-16-7-3-2-4-8-16/h2-4,7-8,13,15,17,21H,5-6,9-12,14H2,1H3. The molecule has 28 heavy (non-hydrogen) atoms. The number of sulfonamides is 1. The molecule has 2 aromatic rings. The van der Waals surface area contributed by atoms with E-state index in [1.807, 2.05) is 30.3 Å². The Balaban J connectivity index is 1.46. The molecule has 7 nitrogen and oxygen atoms in total. The van der Waals surface area contributed by atoms with Crippen LogP contribution in [0.25, 0.3) is 0 Å². The van der Waals surface area contributed by atoms with Gasteiger partial charge in [0.25, 0.3) is 5.91 Å². The van der Waals surface area contributed by atoms with E-state index in [0.29, 0.717) is 31.9 Å². The highest BCUT2D eigenvalue weighted by Crippen LogP contribution is 2.24. The maximum absolute atomic E-state index is 13.0. The van der Waals surface area contributed by atoms with Gasteiger partial charge in [-0.2, -0.15) is 4.31 Å². The van der Waals surface area contributed by atoms with Gasteiger partial charge in [-0.05, 0) is 37.5 Å². The molecule has 2 aliphatic rings. The smallest absolute Gasteiger partial charge is 0.270 e. The third-order valence-electron chi connectivity index (χ3n) is 5.52. The summed E-state index contributed by atoms with van der Waals surface area (Å²) in [4.78, 5) is 15.0. The number of nitrogens with one attached hydrogen (secondary N) is 1. The Morgan fingerprint density at radius 3 is 2.54 bits per heavy atom. The van der Waals surface area contributed by atoms with Crippen LogP contribution in [0.5, 0.6) is 0 Å². The summed E-state index contributed by atoms with van der Waals surface area (Å²) >= 11 is 0. The molecule has 1 aromatic heterocycles. The number of hydrogen-bond donors (Lipinski definition) is 1. The highest BCUT2D eigenvalue weighted by Gasteiger charge is 2.32. The molecule has 1 unspecified atom stereocenters. The van der Waals surface area contributed by atoms with Gasteiger partial charge in [0.1, 0.15) is 10.6 Å². The van der Waals surface area contributed by atoms with E-state index in [4.69, 9.17) is 0 Å². The first kappa shape index (κ1) is 19.0. The van der Waals surface area contributed by atoms with Crippen molar-refractivity contribution in [3.63, 3.8) is 0 Å². The highest BCUT2D eigenvalue weighted by atomic mass is 32.2. The van der Waals surface area contributed by atoms with Crippen molar-refractivity contribution in [2.24, 2.45) is 7.05 Å². The average Bonchev–Trinajstić information content (AvgIpc) is 3.43. The van der Waals surface area contributed by atoms with Crippen LogP contribution in [-0.4, -0.2) is 60.3 Å². The van der Waals surface area contributed by atoms with Crippen molar-refractivity contribution in [3.05, 3.63) is 48.3 Å². The second-order valence-electron chi connectivity index (χ2n) is 7.53. The molecule has 0 spiro atoms. The fourth-order valence-corrected chi connectivity index (χ4v) is 5.55. The summed E-state index contributed by atoms with van der Waals surface area (Å²) in [5.74, 6) is -0.122. The number of aromatic nitrogens is 1. The van der Waals surface area contributed by atoms with Gasteiger partial charge in [-0.25, -0.2) is 8.42 Å². The van der Waals surface area contributed by atoms with Crippen molar-refractivity contribution in [1.82, 2.24) is 13.8 Å². The van der Waals surface area contributed by atoms with E-state index in [1.54, 1.807) is 22.7 Å².